The Morgan fingerprint density at radius 2 is 0.934 bits per heavy atom. The fourth-order valence-electron chi connectivity index (χ4n) is 6.54. The minimum Gasteiger partial charge on any atom is -0.462 e. The minimum atomic E-state index is -4.64. The number of rotatable bonds is 45. The molecule has 0 amide bonds. The second kappa shape index (κ2) is 45.7. The van der Waals surface area contributed by atoms with E-state index in [1.807, 2.05) is 30.4 Å². The van der Waals surface area contributed by atoms with Gasteiger partial charge in [0.1, 0.15) is 12.7 Å². The van der Waals surface area contributed by atoms with Gasteiger partial charge in [-0.05, 0) is 51.4 Å². The average Bonchev–Trinajstić information content (AvgIpc) is 3.25. The zero-order valence-corrected chi connectivity index (χ0v) is 39.5. The van der Waals surface area contributed by atoms with E-state index in [-0.39, 0.29) is 19.4 Å². The number of ether oxygens (including phenoxy) is 2. The van der Waals surface area contributed by atoms with E-state index in [2.05, 4.69) is 44.2 Å². The van der Waals surface area contributed by atoms with Gasteiger partial charge in [-0.3, -0.25) is 18.6 Å². The molecule has 3 N–H and O–H groups in total. The Morgan fingerprint density at radius 3 is 1.46 bits per heavy atom. The van der Waals surface area contributed by atoms with Gasteiger partial charge >= 0.3 is 19.8 Å². The van der Waals surface area contributed by atoms with Crippen molar-refractivity contribution in [2.24, 2.45) is 0 Å². The van der Waals surface area contributed by atoms with E-state index in [1.165, 1.54) is 116 Å². The van der Waals surface area contributed by atoms with Crippen LogP contribution in [0.25, 0.3) is 0 Å². The molecule has 0 rings (SSSR count). The summed E-state index contributed by atoms with van der Waals surface area (Å²) in [6.07, 6.45) is 52.1. The maximum absolute atomic E-state index is 12.6. The highest BCUT2D eigenvalue weighted by Crippen LogP contribution is 2.43. The molecule has 0 aromatic rings. The first-order valence-corrected chi connectivity index (χ1v) is 25.8. The number of allylic oxidation sites excluding steroid dienone is 10. The number of aliphatic hydroxyl groups excluding tert-OH is 2. The normalized spacial score (nSPS) is 14.2. The third-order valence-electron chi connectivity index (χ3n) is 10.3. The largest absolute Gasteiger partial charge is 0.472 e. The van der Waals surface area contributed by atoms with Crippen molar-refractivity contribution in [2.45, 2.75) is 219 Å². The summed E-state index contributed by atoms with van der Waals surface area (Å²) in [6, 6.07) is 0. The summed E-state index contributed by atoms with van der Waals surface area (Å²) in [5, 5.41) is 18.4. The lowest BCUT2D eigenvalue weighted by atomic mass is 10.0. The van der Waals surface area contributed by atoms with Crippen molar-refractivity contribution < 1.29 is 47.8 Å². The lowest BCUT2D eigenvalue weighted by Crippen LogP contribution is -2.29. The van der Waals surface area contributed by atoms with E-state index >= 15 is 0 Å². The molecule has 1 unspecified atom stereocenters. The van der Waals surface area contributed by atoms with Gasteiger partial charge in [0.2, 0.25) is 0 Å². The molecule has 354 valence electrons. The summed E-state index contributed by atoms with van der Waals surface area (Å²) in [6.45, 7) is 2.20. The van der Waals surface area contributed by atoms with Gasteiger partial charge in [-0.1, -0.05) is 203 Å². The van der Waals surface area contributed by atoms with Crippen LogP contribution in [0.15, 0.2) is 60.8 Å². The van der Waals surface area contributed by atoms with Crippen molar-refractivity contribution in [1.29, 1.82) is 0 Å². The predicted molar refractivity (Wildman–Crippen MR) is 251 cm³/mol. The fourth-order valence-corrected chi connectivity index (χ4v) is 7.33. The highest BCUT2D eigenvalue weighted by Gasteiger charge is 2.27. The van der Waals surface area contributed by atoms with E-state index in [0.29, 0.717) is 12.8 Å². The van der Waals surface area contributed by atoms with Crippen LogP contribution in [0.2, 0.25) is 0 Å². The zero-order valence-electron chi connectivity index (χ0n) is 38.6. The molecular formula is C50H89O10P. The van der Waals surface area contributed by atoms with Crippen LogP contribution in [-0.4, -0.2) is 65.7 Å². The molecule has 3 atom stereocenters. The van der Waals surface area contributed by atoms with E-state index in [0.717, 1.165) is 51.4 Å². The van der Waals surface area contributed by atoms with Gasteiger partial charge in [0.05, 0.1) is 19.8 Å². The number of hydrogen-bond donors (Lipinski definition) is 3. The number of aliphatic hydroxyl groups is 2. The van der Waals surface area contributed by atoms with Crippen LogP contribution >= 0.6 is 7.82 Å². The molecule has 61 heavy (non-hydrogen) atoms. The molecule has 0 saturated carbocycles. The Hall–Kier alpha value is -2.33. The predicted octanol–water partition coefficient (Wildman–Crippen LogP) is 13.5. The molecule has 0 spiro atoms. The molecule has 0 aromatic heterocycles. The summed E-state index contributed by atoms with van der Waals surface area (Å²) in [4.78, 5) is 35.1. The number of phosphoric acid groups is 1. The third kappa shape index (κ3) is 45.5. The Kier molecular flexibility index (Phi) is 43.9. The second-order valence-electron chi connectivity index (χ2n) is 16.2. The molecule has 0 aromatic carbocycles. The smallest absolute Gasteiger partial charge is 0.462 e. The maximum Gasteiger partial charge on any atom is 0.472 e. The highest BCUT2D eigenvalue weighted by atomic mass is 31.2. The first-order valence-electron chi connectivity index (χ1n) is 24.3. The molecule has 0 heterocycles. The van der Waals surface area contributed by atoms with Gasteiger partial charge in [-0.15, -0.1) is 0 Å². The summed E-state index contributed by atoms with van der Waals surface area (Å²) in [7, 11) is -4.64. The molecule has 0 radical (unpaired) electrons. The molecule has 0 bridgehead atoms. The first-order chi connectivity index (χ1) is 29.7. The molecular weight excluding hydrogens is 792 g/mol. The van der Waals surface area contributed by atoms with Gasteiger partial charge in [-0.2, -0.15) is 0 Å². The van der Waals surface area contributed by atoms with Crippen molar-refractivity contribution in [2.75, 3.05) is 26.4 Å². The van der Waals surface area contributed by atoms with Crippen LogP contribution in [0, 0.1) is 0 Å². The average molecular weight is 881 g/mol. The number of esters is 2. The molecule has 0 aliphatic carbocycles. The molecule has 0 aliphatic heterocycles. The SMILES string of the molecule is CC/C=C/C=C/C=C/C=C/CCCCCCCC(=O)OC[C@H](COP(=O)(O)OC[C@@H](O)CO)OC(=O)CCC/C=C/CCCCCCCCCCCCCCCCCCCC. The lowest BCUT2D eigenvalue weighted by Gasteiger charge is -2.20. The van der Waals surface area contributed by atoms with Crippen molar-refractivity contribution in [1.82, 2.24) is 0 Å². The zero-order chi connectivity index (χ0) is 44.8. The summed E-state index contributed by atoms with van der Waals surface area (Å²) >= 11 is 0. The first kappa shape index (κ1) is 58.7. The van der Waals surface area contributed by atoms with Crippen LogP contribution in [-0.2, 0) is 32.7 Å². The van der Waals surface area contributed by atoms with E-state index in [4.69, 9.17) is 23.6 Å². The van der Waals surface area contributed by atoms with E-state index < -0.39 is 51.8 Å². The highest BCUT2D eigenvalue weighted by molar-refractivity contribution is 7.47. The van der Waals surface area contributed by atoms with Gasteiger partial charge in [-0.25, -0.2) is 4.57 Å². The number of phosphoric ester groups is 1. The Bertz CT molecular complexity index is 1200. The van der Waals surface area contributed by atoms with Crippen LogP contribution in [0.5, 0.6) is 0 Å². The van der Waals surface area contributed by atoms with Gasteiger partial charge in [0.15, 0.2) is 6.10 Å². The van der Waals surface area contributed by atoms with Gasteiger partial charge in [0.25, 0.3) is 0 Å². The fraction of sp³-hybridized carbons (Fsp3) is 0.760. The minimum absolute atomic E-state index is 0.130. The van der Waals surface area contributed by atoms with Crippen LogP contribution in [0.3, 0.4) is 0 Å². The Balaban J connectivity index is 4.24. The number of carbonyl (C=O) groups is 2. The van der Waals surface area contributed by atoms with Crippen molar-refractivity contribution in [3.05, 3.63) is 60.8 Å². The van der Waals surface area contributed by atoms with Gasteiger partial charge < -0.3 is 24.6 Å². The Labute approximate surface area is 372 Å². The van der Waals surface area contributed by atoms with Crippen LogP contribution in [0.4, 0.5) is 0 Å². The quantitative estimate of drug-likeness (QED) is 0.0177. The van der Waals surface area contributed by atoms with E-state index in [9.17, 15) is 24.2 Å². The summed E-state index contributed by atoms with van der Waals surface area (Å²) < 4.78 is 32.7. The standard InChI is InChI=1S/C50H89O10P/c1-3-5-7-9-11-13-15-17-19-20-21-22-23-24-25-26-28-30-32-34-36-38-40-42-50(54)60-48(46-59-61(55,56)58-44-47(52)43-51)45-57-49(53)41-39-37-35-33-31-29-27-18-16-14-12-10-8-6-4-2/h6,8,10,12,14,16,18,27,34,36,47-48,51-52H,3-5,7,9,11,13,15,17,19-26,28-33,35,37-46H2,1-2H3,(H,55,56)/b8-6+,12-10+,16-14+,27-18+,36-34+/t47-,48+/m0/s1. The second-order valence-corrected chi connectivity index (χ2v) is 17.6. The number of carbonyl (C=O) groups excluding carboxylic acids is 2. The van der Waals surface area contributed by atoms with Crippen molar-refractivity contribution in [3.8, 4) is 0 Å². The number of unbranched alkanes of at least 4 members (excludes halogenated alkanes) is 24. The van der Waals surface area contributed by atoms with Crippen LogP contribution in [0.1, 0.15) is 206 Å². The Morgan fingerprint density at radius 1 is 0.508 bits per heavy atom. The number of hydrogen-bond acceptors (Lipinski definition) is 9. The topological polar surface area (TPSA) is 149 Å². The molecule has 0 saturated heterocycles. The lowest BCUT2D eigenvalue weighted by molar-refractivity contribution is -0.161. The van der Waals surface area contributed by atoms with Crippen LogP contribution < -0.4 is 0 Å². The summed E-state index contributed by atoms with van der Waals surface area (Å²) in [5.41, 5.74) is 0. The third-order valence-corrected chi connectivity index (χ3v) is 11.2. The molecule has 0 fully saturated rings. The van der Waals surface area contributed by atoms with Crippen molar-refractivity contribution >= 4 is 19.8 Å². The van der Waals surface area contributed by atoms with E-state index in [1.54, 1.807) is 0 Å². The maximum atomic E-state index is 12.6. The molecule has 10 nitrogen and oxygen atoms in total. The van der Waals surface area contributed by atoms with Crippen molar-refractivity contribution in [3.63, 3.8) is 0 Å². The monoisotopic (exact) mass is 881 g/mol. The molecule has 0 aliphatic rings. The van der Waals surface area contributed by atoms with Gasteiger partial charge in [0, 0.05) is 12.8 Å². The molecule has 11 heteroatoms. The summed E-state index contributed by atoms with van der Waals surface area (Å²) in [5.74, 6) is -0.988.